The fourth-order valence-corrected chi connectivity index (χ4v) is 3.62. The monoisotopic (exact) mass is 436 g/mol. The molecule has 152 valence electrons. The van der Waals surface area contributed by atoms with Gasteiger partial charge in [-0.2, -0.15) is 0 Å². The van der Waals surface area contributed by atoms with Gasteiger partial charge in [0.1, 0.15) is 12.0 Å². The highest BCUT2D eigenvalue weighted by molar-refractivity contribution is 6.40. The van der Waals surface area contributed by atoms with Gasteiger partial charge in [-0.25, -0.2) is 9.37 Å². The molecular formula is C20H19Cl2FN4O2. The minimum atomic E-state index is -1.09. The Bertz CT molecular complexity index is 944. The van der Waals surface area contributed by atoms with E-state index in [1.165, 1.54) is 25.1 Å². The molecule has 2 saturated carbocycles. The summed E-state index contributed by atoms with van der Waals surface area (Å²) in [6.07, 6.45) is 2.91. The van der Waals surface area contributed by atoms with Gasteiger partial charge < -0.3 is 16.0 Å². The predicted molar refractivity (Wildman–Crippen MR) is 110 cm³/mol. The van der Waals surface area contributed by atoms with Gasteiger partial charge in [-0.1, -0.05) is 23.2 Å². The number of rotatable bonds is 7. The van der Waals surface area contributed by atoms with Gasteiger partial charge in [0.05, 0.1) is 21.5 Å². The number of halogens is 3. The number of alkyl halides is 1. The Morgan fingerprint density at radius 2 is 1.83 bits per heavy atom. The van der Waals surface area contributed by atoms with Crippen LogP contribution < -0.4 is 16.0 Å². The quantitative estimate of drug-likeness (QED) is 0.607. The number of carbonyl (C=O) groups excluding carboxylic acids is 2. The SMILES string of the molecule is O=C(Nc1ccnc(NC(=O)[C@@H]2C[C@@H]2F)c1)c1c(Cl)cc(CNC2CC2)cc1Cl. The Balaban J connectivity index is 1.43. The minimum absolute atomic E-state index is 0.171. The first-order chi connectivity index (χ1) is 13.9. The topological polar surface area (TPSA) is 83.1 Å². The van der Waals surface area contributed by atoms with E-state index < -0.39 is 23.9 Å². The maximum absolute atomic E-state index is 13.0. The molecule has 1 aromatic heterocycles. The highest BCUT2D eigenvalue weighted by Crippen LogP contribution is 2.34. The molecule has 9 heteroatoms. The molecule has 2 fully saturated rings. The first kappa shape index (κ1) is 20.1. The molecule has 0 radical (unpaired) electrons. The Morgan fingerprint density at radius 3 is 2.45 bits per heavy atom. The number of nitrogens with zero attached hydrogens (tertiary/aromatic N) is 1. The van der Waals surface area contributed by atoms with Crippen LogP contribution in [-0.2, 0) is 11.3 Å². The highest BCUT2D eigenvalue weighted by atomic mass is 35.5. The van der Waals surface area contributed by atoms with Crippen molar-refractivity contribution in [3.63, 3.8) is 0 Å². The van der Waals surface area contributed by atoms with E-state index in [2.05, 4.69) is 20.9 Å². The van der Waals surface area contributed by atoms with Crippen LogP contribution in [0, 0.1) is 5.92 Å². The summed E-state index contributed by atoms with van der Waals surface area (Å²) in [6.45, 7) is 0.639. The third-order valence-corrected chi connectivity index (χ3v) is 5.42. The van der Waals surface area contributed by atoms with Crippen molar-refractivity contribution in [3.8, 4) is 0 Å². The van der Waals surface area contributed by atoms with Crippen molar-refractivity contribution < 1.29 is 14.0 Å². The summed E-state index contributed by atoms with van der Waals surface area (Å²) in [5.41, 5.74) is 1.48. The number of hydrogen-bond donors (Lipinski definition) is 3. The molecule has 1 heterocycles. The zero-order chi connectivity index (χ0) is 20.5. The number of anilines is 2. The van der Waals surface area contributed by atoms with Crippen LogP contribution in [0.15, 0.2) is 30.5 Å². The van der Waals surface area contributed by atoms with Gasteiger partial charge in [-0.15, -0.1) is 0 Å². The van der Waals surface area contributed by atoms with Gasteiger partial charge in [0.15, 0.2) is 0 Å². The Morgan fingerprint density at radius 1 is 1.14 bits per heavy atom. The van der Waals surface area contributed by atoms with Crippen molar-refractivity contribution in [2.24, 2.45) is 5.92 Å². The molecule has 2 aliphatic carbocycles. The zero-order valence-electron chi connectivity index (χ0n) is 15.3. The van der Waals surface area contributed by atoms with Crippen LogP contribution in [-0.4, -0.2) is 29.0 Å². The van der Waals surface area contributed by atoms with Crippen LogP contribution in [0.1, 0.15) is 35.2 Å². The van der Waals surface area contributed by atoms with Crippen molar-refractivity contribution in [1.29, 1.82) is 0 Å². The first-order valence-corrected chi connectivity index (χ1v) is 10.1. The van der Waals surface area contributed by atoms with Crippen molar-refractivity contribution in [1.82, 2.24) is 10.3 Å². The van der Waals surface area contributed by atoms with Gasteiger partial charge in [0, 0.05) is 30.5 Å². The number of amides is 2. The van der Waals surface area contributed by atoms with Crippen LogP contribution in [0.25, 0.3) is 0 Å². The number of aromatic nitrogens is 1. The van der Waals surface area contributed by atoms with Crippen molar-refractivity contribution in [2.75, 3.05) is 10.6 Å². The van der Waals surface area contributed by atoms with E-state index in [0.29, 0.717) is 18.3 Å². The minimum Gasteiger partial charge on any atom is -0.322 e. The van der Waals surface area contributed by atoms with Crippen molar-refractivity contribution in [3.05, 3.63) is 51.6 Å². The van der Waals surface area contributed by atoms with Crippen LogP contribution in [0.5, 0.6) is 0 Å². The molecule has 0 saturated heterocycles. The predicted octanol–water partition coefficient (Wildman–Crippen LogP) is 4.19. The molecule has 0 spiro atoms. The molecule has 2 aromatic rings. The summed E-state index contributed by atoms with van der Waals surface area (Å²) in [5.74, 6) is -1.29. The smallest absolute Gasteiger partial charge is 0.258 e. The van der Waals surface area contributed by atoms with Crippen LogP contribution in [0.2, 0.25) is 10.0 Å². The summed E-state index contributed by atoms with van der Waals surface area (Å²) in [5, 5.41) is 9.13. The zero-order valence-corrected chi connectivity index (χ0v) is 16.9. The molecule has 29 heavy (non-hydrogen) atoms. The summed E-state index contributed by atoms with van der Waals surface area (Å²) < 4.78 is 13.0. The molecule has 0 unspecified atom stereocenters. The average Bonchev–Trinajstić information content (AvgIpc) is 3.56. The maximum atomic E-state index is 13.0. The first-order valence-electron chi connectivity index (χ1n) is 9.34. The van der Waals surface area contributed by atoms with E-state index in [1.54, 1.807) is 18.2 Å². The summed E-state index contributed by atoms with van der Waals surface area (Å²) >= 11 is 12.6. The second-order valence-electron chi connectivity index (χ2n) is 7.32. The summed E-state index contributed by atoms with van der Waals surface area (Å²) in [7, 11) is 0. The third-order valence-electron chi connectivity index (χ3n) is 4.82. The maximum Gasteiger partial charge on any atom is 0.258 e. The number of hydrogen-bond acceptors (Lipinski definition) is 4. The van der Waals surface area contributed by atoms with E-state index >= 15 is 0 Å². The second-order valence-corrected chi connectivity index (χ2v) is 8.14. The lowest BCUT2D eigenvalue weighted by atomic mass is 10.1. The Kier molecular flexibility index (Phi) is 5.72. The van der Waals surface area contributed by atoms with Gasteiger partial charge in [-0.05, 0) is 43.0 Å². The molecule has 0 aliphatic heterocycles. The molecule has 1 aromatic carbocycles. The van der Waals surface area contributed by atoms with Crippen molar-refractivity contribution in [2.45, 2.75) is 38.0 Å². The Hall–Kier alpha value is -2.22. The lowest BCUT2D eigenvalue weighted by Gasteiger charge is -2.12. The molecular weight excluding hydrogens is 418 g/mol. The molecule has 3 N–H and O–H groups in total. The van der Waals surface area contributed by atoms with E-state index in [1.807, 2.05) is 0 Å². The van der Waals surface area contributed by atoms with Gasteiger partial charge in [0.25, 0.3) is 5.91 Å². The molecule has 2 atom stereocenters. The average molecular weight is 437 g/mol. The Labute approximate surface area is 177 Å². The molecule has 0 bridgehead atoms. The van der Waals surface area contributed by atoms with E-state index in [9.17, 15) is 14.0 Å². The van der Waals surface area contributed by atoms with Gasteiger partial charge in [-0.3, -0.25) is 9.59 Å². The van der Waals surface area contributed by atoms with Crippen LogP contribution in [0.3, 0.4) is 0 Å². The van der Waals surface area contributed by atoms with E-state index in [4.69, 9.17) is 23.2 Å². The fraction of sp³-hybridized carbons (Fsp3) is 0.350. The number of benzene rings is 1. The third kappa shape index (κ3) is 5.04. The lowest BCUT2D eigenvalue weighted by Crippen LogP contribution is -2.18. The van der Waals surface area contributed by atoms with Crippen molar-refractivity contribution >= 4 is 46.5 Å². The summed E-state index contributed by atoms with van der Waals surface area (Å²) in [6, 6.07) is 7.05. The van der Waals surface area contributed by atoms with E-state index in [0.717, 1.165) is 5.56 Å². The van der Waals surface area contributed by atoms with E-state index in [-0.39, 0.29) is 27.8 Å². The second kappa shape index (κ2) is 8.26. The standard InChI is InChI=1S/C20H19Cl2FN4O2/c21-14-5-10(9-25-11-1-2-11)6-15(22)18(14)20(29)26-12-3-4-24-17(7-12)27-19(28)13-8-16(13)23/h3-7,11,13,16,25H,1-2,8-9H2,(H2,24,26,27,28,29)/t13-,16+/m1/s1. The number of carbonyl (C=O) groups is 2. The number of nitrogens with one attached hydrogen (secondary N) is 3. The van der Waals surface area contributed by atoms with Crippen LogP contribution in [0.4, 0.5) is 15.9 Å². The molecule has 6 nitrogen and oxygen atoms in total. The fourth-order valence-electron chi connectivity index (χ4n) is 2.92. The largest absolute Gasteiger partial charge is 0.322 e. The lowest BCUT2D eigenvalue weighted by molar-refractivity contribution is -0.117. The number of pyridine rings is 1. The highest BCUT2D eigenvalue weighted by Gasteiger charge is 2.43. The molecule has 4 rings (SSSR count). The normalized spacial score (nSPS) is 20.2. The molecule has 2 aliphatic rings. The van der Waals surface area contributed by atoms with Gasteiger partial charge >= 0.3 is 0 Å². The van der Waals surface area contributed by atoms with Gasteiger partial charge in [0.2, 0.25) is 5.91 Å². The summed E-state index contributed by atoms with van der Waals surface area (Å²) in [4.78, 5) is 28.5. The molecule has 2 amide bonds. The van der Waals surface area contributed by atoms with Crippen LogP contribution >= 0.6 is 23.2 Å².